The molecule has 13 heteroatoms. The monoisotopic (exact) mass is 338 g/mol. The van der Waals surface area contributed by atoms with Gasteiger partial charge in [0.1, 0.15) is 0 Å². The van der Waals surface area contributed by atoms with Gasteiger partial charge in [-0.05, 0) is 6.07 Å². The number of pyridine rings is 1. The summed E-state index contributed by atoms with van der Waals surface area (Å²) in [5.41, 5.74) is 3.78. The second-order valence-electron chi connectivity index (χ2n) is 3.84. The van der Waals surface area contributed by atoms with Crippen LogP contribution in [0.3, 0.4) is 0 Å². The van der Waals surface area contributed by atoms with Crippen molar-refractivity contribution < 1.29 is 26.3 Å². The van der Waals surface area contributed by atoms with Crippen LogP contribution in [0.5, 0.6) is 5.88 Å². The lowest BCUT2D eigenvalue weighted by Crippen LogP contribution is -2.21. The zero-order valence-electron chi connectivity index (χ0n) is 10.8. The lowest BCUT2D eigenvalue weighted by Gasteiger charge is -2.15. The van der Waals surface area contributed by atoms with E-state index in [1.807, 2.05) is 0 Å². The van der Waals surface area contributed by atoms with Crippen molar-refractivity contribution in [3.8, 4) is 5.88 Å². The zero-order valence-corrected chi connectivity index (χ0v) is 11.7. The molecule has 2 aromatic heterocycles. The van der Waals surface area contributed by atoms with Crippen molar-refractivity contribution in [3.63, 3.8) is 0 Å². The van der Waals surface area contributed by atoms with Crippen LogP contribution in [0.1, 0.15) is 5.56 Å². The highest BCUT2D eigenvalue weighted by molar-refractivity contribution is 7.92. The van der Waals surface area contributed by atoms with Crippen LogP contribution in [-0.4, -0.2) is 35.7 Å². The maximum atomic E-state index is 13.0. The highest BCUT2D eigenvalue weighted by Crippen LogP contribution is 2.38. The highest BCUT2D eigenvalue weighted by atomic mass is 32.2. The lowest BCUT2D eigenvalue weighted by molar-refractivity contribution is -0.140. The van der Waals surface area contributed by atoms with Gasteiger partial charge in [-0.25, -0.2) is 23.2 Å². The number of ether oxygens (including phenoxy) is 1. The molecule has 0 fully saturated rings. The molecule has 0 spiro atoms. The number of aromatic nitrogens is 4. The number of methoxy groups -OCH3 is 1. The first-order valence-electron chi connectivity index (χ1n) is 5.46. The minimum atomic E-state index is -4.93. The Labute approximate surface area is 121 Å². The van der Waals surface area contributed by atoms with Crippen molar-refractivity contribution in [2.24, 2.45) is 0 Å². The standard InChI is InChI=1S/C9H9F3N6O3S/c1-21-6-5(4(2-3-14-6)9(10,11)12)22(19,20)18-8-15-7(13)16-17-8/h2-3H,1H3,(H4,13,15,16,17,18). The number of nitrogens with two attached hydrogens (primary N) is 1. The summed E-state index contributed by atoms with van der Waals surface area (Å²) in [6, 6.07) is 0.517. The number of hydrogen-bond donors (Lipinski definition) is 3. The maximum Gasteiger partial charge on any atom is 0.418 e. The van der Waals surface area contributed by atoms with Crippen LogP contribution < -0.4 is 15.2 Å². The third-order valence-electron chi connectivity index (χ3n) is 2.37. The third-order valence-corrected chi connectivity index (χ3v) is 3.75. The summed E-state index contributed by atoms with van der Waals surface area (Å²) in [5, 5.41) is 5.52. The van der Waals surface area contributed by atoms with Crippen LogP contribution >= 0.6 is 0 Å². The second kappa shape index (κ2) is 5.32. The number of aromatic amines is 1. The molecule has 2 rings (SSSR count). The summed E-state index contributed by atoms with van der Waals surface area (Å²) >= 11 is 0. The smallest absolute Gasteiger partial charge is 0.418 e. The summed E-state index contributed by atoms with van der Waals surface area (Å²) in [7, 11) is -3.72. The van der Waals surface area contributed by atoms with Crippen molar-refractivity contribution in [1.82, 2.24) is 20.2 Å². The Morgan fingerprint density at radius 2 is 2.09 bits per heavy atom. The molecular weight excluding hydrogens is 329 g/mol. The van der Waals surface area contributed by atoms with Crippen molar-refractivity contribution in [1.29, 1.82) is 0 Å². The van der Waals surface area contributed by atoms with Gasteiger partial charge in [0.15, 0.2) is 4.90 Å². The number of nitrogen functional groups attached to an aromatic ring is 1. The van der Waals surface area contributed by atoms with Gasteiger partial charge in [0.25, 0.3) is 16.0 Å². The molecule has 0 atom stereocenters. The molecule has 0 bridgehead atoms. The van der Waals surface area contributed by atoms with Gasteiger partial charge in [-0.3, -0.25) is 0 Å². The molecule has 120 valence electrons. The van der Waals surface area contributed by atoms with E-state index in [4.69, 9.17) is 5.73 Å². The molecule has 0 aliphatic carbocycles. The minimum absolute atomic E-state index is 0.216. The largest absolute Gasteiger partial charge is 0.480 e. The van der Waals surface area contributed by atoms with E-state index in [0.29, 0.717) is 6.07 Å². The molecule has 2 heterocycles. The Balaban J connectivity index is 2.58. The Hall–Kier alpha value is -2.57. The van der Waals surface area contributed by atoms with E-state index < -0.39 is 38.5 Å². The van der Waals surface area contributed by atoms with Gasteiger partial charge in [0.2, 0.25) is 11.8 Å². The van der Waals surface area contributed by atoms with Crippen molar-refractivity contribution in [2.75, 3.05) is 17.6 Å². The van der Waals surface area contributed by atoms with E-state index in [2.05, 4.69) is 24.9 Å². The number of halogens is 3. The Kier molecular flexibility index (Phi) is 3.83. The molecule has 22 heavy (non-hydrogen) atoms. The molecule has 2 aromatic rings. The molecule has 0 saturated carbocycles. The van der Waals surface area contributed by atoms with E-state index in [9.17, 15) is 21.6 Å². The van der Waals surface area contributed by atoms with Crippen molar-refractivity contribution in [2.45, 2.75) is 11.1 Å². The van der Waals surface area contributed by atoms with Gasteiger partial charge in [0.05, 0.1) is 12.7 Å². The minimum Gasteiger partial charge on any atom is -0.480 e. The number of hydrogen-bond acceptors (Lipinski definition) is 7. The number of sulfonamides is 1. The first kappa shape index (κ1) is 15.8. The average Bonchev–Trinajstić information content (AvgIpc) is 2.81. The summed E-state index contributed by atoms with van der Waals surface area (Å²) in [5.74, 6) is -1.45. The SMILES string of the molecule is COc1nccc(C(F)(F)F)c1S(=O)(=O)Nc1n[nH]c(N)n1. The topological polar surface area (TPSA) is 136 Å². The Morgan fingerprint density at radius 3 is 2.59 bits per heavy atom. The lowest BCUT2D eigenvalue weighted by atomic mass is 10.2. The van der Waals surface area contributed by atoms with Crippen LogP contribution in [0.4, 0.5) is 25.1 Å². The van der Waals surface area contributed by atoms with E-state index in [0.717, 1.165) is 13.3 Å². The zero-order chi connectivity index (χ0) is 16.5. The fourth-order valence-electron chi connectivity index (χ4n) is 1.55. The highest BCUT2D eigenvalue weighted by Gasteiger charge is 2.40. The summed E-state index contributed by atoms with van der Waals surface area (Å²) in [6.07, 6.45) is -4.15. The number of nitrogens with one attached hydrogen (secondary N) is 2. The Morgan fingerprint density at radius 1 is 1.41 bits per heavy atom. The van der Waals surface area contributed by atoms with Gasteiger partial charge >= 0.3 is 6.18 Å². The van der Waals surface area contributed by atoms with Crippen LogP contribution in [0.2, 0.25) is 0 Å². The maximum absolute atomic E-state index is 13.0. The van der Waals surface area contributed by atoms with Crippen LogP contribution in [0.15, 0.2) is 17.2 Å². The average molecular weight is 338 g/mol. The summed E-state index contributed by atoms with van der Waals surface area (Å²) in [6.45, 7) is 0. The molecule has 4 N–H and O–H groups in total. The first-order chi connectivity index (χ1) is 10.1. The third kappa shape index (κ3) is 3.03. The van der Waals surface area contributed by atoms with Gasteiger partial charge in [-0.2, -0.15) is 18.2 Å². The van der Waals surface area contributed by atoms with Gasteiger partial charge in [0, 0.05) is 6.20 Å². The molecule has 0 aliphatic heterocycles. The van der Waals surface area contributed by atoms with Crippen LogP contribution in [0, 0.1) is 0 Å². The predicted molar refractivity (Wildman–Crippen MR) is 67.4 cm³/mol. The number of nitrogens with zero attached hydrogens (tertiary/aromatic N) is 3. The Bertz CT molecular complexity index is 788. The number of rotatable bonds is 4. The molecule has 9 nitrogen and oxygen atoms in total. The van der Waals surface area contributed by atoms with Crippen molar-refractivity contribution in [3.05, 3.63) is 17.8 Å². The molecular formula is C9H9F3N6O3S. The summed E-state index contributed by atoms with van der Waals surface area (Å²) in [4.78, 5) is 5.74. The molecule has 0 aromatic carbocycles. The molecule has 0 aliphatic rings. The van der Waals surface area contributed by atoms with Gasteiger partial charge < -0.3 is 10.5 Å². The van der Waals surface area contributed by atoms with E-state index in [1.54, 1.807) is 4.72 Å². The van der Waals surface area contributed by atoms with E-state index >= 15 is 0 Å². The summed E-state index contributed by atoms with van der Waals surface area (Å²) < 4.78 is 69.8. The van der Waals surface area contributed by atoms with E-state index in [-0.39, 0.29) is 5.95 Å². The van der Waals surface area contributed by atoms with Gasteiger partial charge in [-0.15, -0.1) is 5.10 Å². The number of alkyl halides is 3. The van der Waals surface area contributed by atoms with Crippen LogP contribution in [-0.2, 0) is 16.2 Å². The molecule has 0 radical (unpaired) electrons. The number of H-pyrrole nitrogens is 1. The normalized spacial score (nSPS) is 12.2. The molecule has 0 unspecified atom stereocenters. The second-order valence-corrected chi connectivity index (χ2v) is 5.46. The molecule has 0 amide bonds. The first-order valence-corrected chi connectivity index (χ1v) is 6.94. The fraction of sp³-hybridized carbons (Fsp3) is 0.222. The van der Waals surface area contributed by atoms with E-state index in [1.165, 1.54) is 0 Å². The van der Waals surface area contributed by atoms with Gasteiger partial charge in [-0.1, -0.05) is 0 Å². The molecule has 0 saturated heterocycles. The number of anilines is 2. The predicted octanol–water partition coefficient (Wildman–Crippen LogP) is 0.610. The fourth-order valence-corrected chi connectivity index (χ4v) is 2.82. The quantitative estimate of drug-likeness (QED) is 0.743. The van der Waals surface area contributed by atoms with Crippen molar-refractivity contribution >= 4 is 21.9 Å². The van der Waals surface area contributed by atoms with Crippen LogP contribution in [0.25, 0.3) is 0 Å².